The van der Waals surface area contributed by atoms with E-state index in [-0.39, 0.29) is 0 Å². The van der Waals surface area contributed by atoms with Gasteiger partial charge in [-0.1, -0.05) is 55.7 Å². The van der Waals surface area contributed by atoms with Crippen molar-refractivity contribution in [2.75, 3.05) is 0 Å². The van der Waals surface area contributed by atoms with Gasteiger partial charge in [-0.25, -0.2) is 0 Å². The van der Waals surface area contributed by atoms with Crippen LogP contribution in [0.25, 0.3) is 0 Å². The van der Waals surface area contributed by atoms with Crippen molar-refractivity contribution >= 4 is 14.1 Å². The predicted molar refractivity (Wildman–Crippen MR) is 64.5 cm³/mol. The van der Waals surface area contributed by atoms with E-state index in [0.717, 1.165) is 11.8 Å². The summed E-state index contributed by atoms with van der Waals surface area (Å²) >= 11 is -0.569. The number of allylic oxidation sites excluding steroid dienone is 1. The van der Waals surface area contributed by atoms with Crippen molar-refractivity contribution in [2.45, 2.75) is 52.1 Å². The molecular formula is C12H25Al. The molecule has 0 saturated heterocycles. The zero-order valence-corrected chi connectivity index (χ0v) is 11.4. The highest BCUT2D eigenvalue weighted by Crippen LogP contribution is 2.16. The summed E-state index contributed by atoms with van der Waals surface area (Å²) in [5.74, 6) is 1.76. The Labute approximate surface area is 88.8 Å². The van der Waals surface area contributed by atoms with Crippen LogP contribution >= 0.6 is 0 Å². The Morgan fingerprint density at radius 2 is 1.38 bits per heavy atom. The molecule has 0 aliphatic carbocycles. The fourth-order valence-electron chi connectivity index (χ4n) is 1.91. The van der Waals surface area contributed by atoms with Crippen LogP contribution in [-0.4, -0.2) is 14.1 Å². The maximum atomic E-state index is 2.58. The van der Waals surface area contributed by atoms with Gasteiger partial charge in [0.1, 0.15) is 0 Å². The lowest BCUT2D eigenvalue weighted by atomic mass is 10.3. The second kappa shape index (κ2) is 6.69. The largest absolute Gasteiger partial charge is 0.295 e. The maximum Gasteiger partial charge on any atom is 0.295 e. The van der Waals surface area contributed by atoms with Gasteiger partial charge in [-0.2, -0.15) is 0 Å². The molecule has 0 aliphatic heterocycles. The molecule has 1 heteroatoms. The molecule has 13 heavy (non-hydrogen) atoms. The van der Waals surface area contributed by atoms with Crippen molar-refractivity contribution in [1.82, 2.24) is 0 Å². The molecule has 0 atom stereocenters. The Kier molecular flexibility index (Phi) is 6.83. The molecule has 0 heterocycles. The lowest BCUT2D eigenvalue weighted by Gasteiger charge is -2.13. The minimum Gasteiger partial charge on any atom is -0.146 e. The molecule has 0 rings (SSSR count). The van der Waals surface area contributed by atoms with Gasteiger partial charge < -0.3 is 0 Å². The lowest BCUT2D eigenvalue weighted by molar-refractivity contribution is 0.694. The molecule has 0 amide bonds. The fraction of sp³-hybridized carbons (Fsp3) is 0.833. The summed E-state index contributed by atoms with van der Waals surface area (Å²) in [5.41, 5.74) is 1.53. The van der Waals surface area contributed by atoms with E-state index in [9.17, 15) is 0 Å². The van der Waals surface area contributed by atoms with Gasteiger partial charge in [0.05, 0.1) is 0 Å². The summed E-state index contributed by atoms with van der Waals surface area (Å²) in [4.78, 5) is 2.58. The van der Waals surface area contributed by atoms with E-state index >= 15 is 0 Å². The summed E-state index contributed by atoms with van der Waals surface area (Å²) in [6, 6.07) is 0. The van der Waals surface area contributed by atoms with Crippen LogP contribution < -0.4 is 0 Å². The van der Waals surface area contributed by atoms with Gasteiger partial charge in [0.2, 0.25) is 0 Å². The van der Waals surface area contributed by atoms with Crippen LogP contribution in [0.1, 0.15) is 41.5 Å². The highest BCUT2D eigenvalue weighted by Gasteiger charge is 2.16. The monoisotopic (exact) mass is 196 g/mol. The van der Waals surface area contributed by atoms with Gasteiger partial charge >= 0.3 is 0 Å². The van der Waals surface area contributed by atoms with E-state index in [1.165, 1.54) is 16.1 Å². The van der Waals surface area contributed by atoms with Crippen LogP contribution in [0, 0.1) is 11.8 Å². The Bertz CT molecular complexity index is 143. The normalized spacial score (nSPS) is 10.8. The van der Waals surface area contributed by atoms with Gasteiger partial charge in [-0.3, -0.25) is 0 Å². The predicted octanol–water partition coefficient (Wildman–Crippen LogP) is 4.30. The minimum atomic E-state index is -0.569. The van der Waals surface area contributed by atoms with Gasteiger partial charge in [-0.15, -0.1) is 4.94 Å². The second-order valence-corrected chi connectivity index (χ2v) is 8.06. The van der Waals surface area contributed by atoms with Gasteiger partial charge in [0, 0.05) is 0 Å². The van der Waals surface area contributed by atoms with E-state index in [1.807, 2.05) is 0 Å². The molecule has 0 aliphatic rings. The molecule has 0 saturated carbocycles. The van der Waals surface area contributed by atoms with Crippen LogP contribution in [-0.2, 0) is 0 Å². The first kappa shape index (κ1) is 13.3. The summed E-state index contributed by atoms with van der Waals surface area (Å²) in [5, 5.41) is 2.95. The molecule has 0 N–H and O–H groups in total. The summed E-state index contributed by atoms with van der Waals surface area (Å²) in [6.07, 6.45) is 0. The Morgan fingerprint density at radius 1 is 1.00 bits per heavy atom. The highest BCUT2D eigenvalue weighted by atomic mass is 27.2. The standard InChI is InChI=1S/2C4H9.C4H7.Al/c3*1-4(2)3;/h2*4H,1H2,2-3H3;1H,2-3H3;. The molecule has 0 fully saturated rings. The average molecular weight is 196 g/mol. The van der Waals surface area contributed by atoms with Crippen molar-refractivity contribution in [1.29, 1.82) is 0 Å². The van der Waals surface area contributed by atoms with E-state index in [2.05, 4.69) is 46.5 Å². The summed E-state index contributed by atoms with van der Waals surface area (Å²) in [6.45, 7) is 13.9. The zero-order chi connectivity index (χ0) is 10.4. The molecule has 0 radical (unpaired) electrons. The SMILES string of the molecule is CC(C)=[CH][Al]([CH2]C(C)C)[CH2]C(C)C. The van der Waals surface area contributed by atoms with Gasteiger partial charge in [0.25, 0.3) is 14.1 Å². The Balaban J connectivity index is 4.11. The van der Waals surface area contributed by atoms with Crippen molar-refractivity contribution < 1.29 is 0 Å². The third kappa shape index (κ3) is 8.60. The summed E-state index contributed by atoms with van der Waals surface area (Å²) in [7, 11) is 0. The van der Waals surface area contributed by atoms with Crippen LogP contribution in [0.4, 0.5) is 0 Å². The van der Waals surface area contributed by atoms with E-state index in [0.29, 0.717) is 0 Å². The molecule has 0 unspecified atom stereocenters. The number of hydrogen-bond donors (Lipinski definition) is 0. The van der Waals surface area contributed by atoms with E-state index in [4.69, 9.17) is 0 Å². The topological polar surface area (TPSA) is 0 Å². The van der Waals surface area contributed by atoms with Crippen LogP contribution in [0.15, 0.2) is 10.5 Å². The summed E-state index contributed by atoms with van der Waals surface area (Å²) < 4.78 is 0. The molecule has 0 aromatic carbocycles. The molecule has 0 nitrogen and oxygen atoms in total. The van der Waals surface area contributed by atoms with Crippen LogP contribution in [0.5, 0.6) is 0 Å². The molecule has 0 aromatic rings. The Morgan fingerprint density at radius 3 is 1.62 bits per heavy atom. The molecule has 0 aromatic heterocycles. The molecular weight excluding hydrogens is 171 g/mol. The first-order valence-electron chi connectivity index (χ1n) is 5.56. The molecule has 0 spiro atoms. The minimum absolute atomic E-state index is 0.569. The van der Waals surface area contributed by atoms with E-state index in [1.54, 1.807) is 0 Å². The van der Waals surface area contributed by atoms with Crippen LogP contribution in [0.2, 0.25) is 10.6 Å². The van der Waals surface area contributed by atoms with Gasteiger partial charge in [0.15, 0.2) is 0 Å². The average Bonchev–Trinajstić information content (AvgIpc) is 1.80. The van der Waals surface area contributed by atoms with Crippen molar-refractivity contribution in [3.05, 3.63) is 10.5 Å². The molecule has 76 valence electrons. The first-order chi connectivity index (χ1) is 5.91. The smallest absolute Gasteiger partial charge is 0.146 e. The third-order valence-corrected chi connectivity index (χ3v) is 6.35. The van der Waals surface area contributed by atoms with Crippen molar-refractivity contribution in [2.24, 2.45) is 11.8 Å². The van der Waals surface area contributed by atoms with Gasteiger partial charge in [-0.05, 0) is 13.8 Å². The highest BCUT2D eigenvalue weighted by molar-refractivity contribution is 6.64. The van der Waals surface area contributed by atoms with Crippen LogP contribution in [0.3, 0.4) is 0 Å². The first-order valence-corrected chi connectivity index (χ1v) is 7.86. The van der Waals surface area contributed by atoms with E-state index < -0.39 is 14.1 Å². The Hall–Kier alpha value is 0.272. The lowest BCUT2D eigenvalue weighted by Crippen LogP contribution is -2.15. The number of hydrogen-bond acceptors (Lipinski definition) is 0. The fourth-order valence-corrected chi connectivity index (χ4v) is 5.74. The quantitative estimate of drug-likeness (QED) is 0.575. The maximum absolute atomic E-state index is 2.58. The second-order valence-electron chi connectivity index (χ2n) is 5.26. The van der Waals surface area contributed by atoms with Crippen molar-refractivity contribution in [3.8, 4) is 0 Å². The number of rotatable bonds is 5. The van der Waals surface area contributed by atoms with Crippen molar-refractivity contribution in [3.63, 3.8) is 0 Å². The molecule has 0 bridgehead atoms. The third-order valence-electron chi connectivity index (χ3n) is 2.12. The zero-order valence-electron chi connectivity index (χ0n) is 10.2.